The maximum atomic E-state index is 6.41. The van der Waals surface area contributed by atoms with Crippen molar-refractivity contribution in [3.05, 3.63) is 41.9 Å². The highest BCUT2D eigenvalue weighted by atomic mass is 35.5. The van der Waals surface area contributed by atoms with Gasteiger partial charge in [0.2, 0.25) is 0 Å². The van der Waals surface area contributed by atoms with Crippen LogP contribution in [0.5, 0.6) is 0 Å². The molecule has 3 aromatic rings. The predicted octanol–water partition coefficient (Wildman–Crippen LogP) is 3.85. The molecule has 0 saturated heterocycles. The third-order valence-corrected chi connectivity index (χ3v) is 4.49. The summed E-state index contributed by atoms with van der Waals surface area (Å²) in [5, 5.41) is 8.27. The highest BCUT2D eigenvalue weighted by Crippen LogP contribution is 2.37. The first-order chi connectivity index (χ1) is 11.2. The lowest BCUT2D eigenvalue weighted by molar-refractivity contribution is 0.371. The molecule has 4 rings (SSSR count). The maximum absolute atomic E-state index is 6.41. The lowest BCUT2D eigenvalue weighted by Crippen LogP contribution is -2.34. The second kappa shape index (κ2) is 6.37. The van der Waals surface area contributed by atoms with Gasteiger partial charge in [-0.1, -0.05) is 53.5 Å². The van der Waals surface area contributed by atoms with E-state index in [0.717, 1.165) is 36.8 Å². The van der Waals surface area contributed by atoms with Crippen LogP contribution < -0.4 is 5.73 Å². The van der Waals surface area contributed by atoms with Gasteiger partial charge in [0, 0.05) is 5.56 Å². The molecule has 1 aliphatic rings. The van der Waals surface area contributed by atoms with E-state index in [0.29, 0.717) is 23.2 Å². The monoisotopic (exact) mass is 346 g/mol. The molecule has 0 unspecified atom stereocenters. The zero-order valence-corrected chi connectivity index (χ0v) is 14.2. The summed E-state index contributed by atoms with van der Waals surface area (Å²) in [4.78, 5) is 4.55. The Morgan fingerprint density at radius 2 is 1.75 bits per heavy atom. The molecule has 0 amide bonds. The topological polar surface area (TPSA) is 91.0 Å². The fourth-order valence-corrected chi connectivity index (χ4v) is 3.17. The van der Waals surface area contributed by atoms with E-state index in [1.165, 1.54) is 0 Å². The number of aryl methyl sites for hydroxylation is 1. The first-order valence-corrected chi connectivity index (χ1v) is 7.82. The molecule has 0 aliphatic heterocycles. The zero-order chi connectivity index (χ0) is 15.9. The standard InChI is InChI=1S/C17H18N4O2.ClH/c1-11-13(14(20-22-11)12-7-3-2-4-8-12)15-19-16(21-23-15)17(18)9-5-6-10-17;/h2-4,7-8H,5-6,9-10,18H2,1H3;1H. The Hall–Kier alpha value is -2.18. The summed E-state index contributed by atoms with van der Waals surface area (Å²) >= 11 is 0. The van der Waals surface area contributed by atoms with Crippen molar-refractivity contribution in [3.8, 4) is 22.7 Å². The van der Waals surface area contributed by atoms with Crippen LogP contribution in [-0.2, 0) is 5.54 Å². The minimum atomic E-state index is -0.472. The van der Waals surface area contributed by atoms with Crippen molar-refractivity contribution < 1.29 is 9.05 Å². The number of rotatable bonds is 3. The van der Waals surface area contributed by atoms with E-state index in [1.807, 2.05) is 37.3 Å². The Kier molecular flexibility index (Phi) is 4.43. The molecule has 1 aromatic carbocycles. The van der Waals surface area contributed by atoms with Crippen LogP contribution in [0.2, 0.25) is 0 Å². The number of hydrogen-bond donors (Lipinski definition) is 1. The van der Waals surface area contributed by atoms with Crippen molar-refractivity contribution in [2.45, 2.75) is 38.1 Å². The minimum absolute atomic E-state index is 0. The Bertz CT molecular complexity index is 822. The molecule has 126 valence electrons. The Labute approximate surface area is 145 Å². The van der Waals surface area contributed by atoms with Gasteiger partial charge < -0.3 is 14.8 Å². The van der Waals surface area contributed by atoms with Crippen LogP contribution in [0.1, 0.15) is 37.3 Å². The van der Waals surface area contributed by atoms with E-state index in [9.17, 15) is 0 Å². The van der Waals surface area contributed by atoms with Crippen molar-refractivity contribution in [1.82, 2.24) is 15.3 Å². The second-order valence-corrected chi connectivity index (χ2v) is 6.11. The molecule has 0 radical (unpaired) electrons. The van der Waals surface area contributed by atoms with Crippen molar-refractivity contribution in [2.24, 2.45) is 5.73 Å². The van der Waals surface area contributed by atoms with Gasteiger partial charge in [0.15, 0.2) is 5.82 Å². The number of benzene rings is 1. The van der Waals surface area contributed by atoms with E-state index in [1.54, 1.807) is 0 Å². The van der Waals surface area contributed by atoms with Crippen LogP contribution in [0, 0.1) is 6.92 Å². The fourth-order valence-electron chi connectivity index (χ4n) is 3.17. The van der Waals surface area contributed by atoms with Crippen LogP contribution in [-0.4, -0.2) is 15.3 Å². The molecule has 1 aliphatic carbocycles. The third kappa shape index (κ3) is 2.72. The lowest BCUT2D eigenvalue weighted by Gasteiger charge is -2.17. The molecule has 2 aromatic heterocycles. The van der Waals surface area contributed by atoms with Gasteiger partial charge in [-0.05, 0) is 19.8 Å². The molecular weight excluding hydrogens is 328 g/mol. The molecule has 0 spiro atoms. The van der Waals surface area contributed by atoms with Crippen LogP contribution in [0.3, 0.4) is 0 Å². The minimum Gasteiger partial charge on any atom is -0.360 e. The first kappa shape index (κ1) is 16.7. The van der Waals surface area contributed by atoms with E-state index in [-0.39, 0.29) is 12.4 Å². The summed E-state index contributed by atoms with van der Waals surface area (Å²) in [5.41, 5.74) is 8.32. The fraction of sp³-hybridized carbons (Fsp3) is 0.353. The van der Waals surface area contributed by atoms with Gasteiger partial charge in [-0.3, -0.25) is 0 Å². The summed E-state index contributed by atoms with van der Waals surface area (Å²) < 4.78 is 10.8. The SMILES string of the molecule is Cc1onc(-c2ccccc2)c1-c1nc(C2(N)CCCC2)no1.Cl. The Balaban J connectivity index is 0.00000169. The molecule has 24 heavy (non-hydrogen) atoms. The van der Waals surface area contributed by atoms with Gasteiger partial charge in [-0.25, -0.2) is 0 Å². The number of aromatic nitrogens is 3. The van der Waals surface area contributed by atoms with E-state index in [4.69, 9.17) is 14.8 Å². The van der Waals surface area contributed by atoms with Crippen LogP contribution >= 0.6 is 12.4 Å². The van der Waals surface area contributed by atoms with E-state index in [2.05, 4.69) is 15.3 Å². The Morgan fingerprint density at radius 1 is 1.04 bits per heavy atom. The molecule has 2 heterocycles. The summed E-state index contributed by atoms with van der Waals surface area (Å²) in [6.07, 6.45) is 3.98. The van der Waals surface area contributed by atoms with Crippen LogP contribution in [0.4, 0.5) is 0 Å². The number of nitrogens with zero attached hydrogens (tertiary/aromatic N) is 3. The molecular formula is C17H19ClN4O2. The molecule has 7 heteroatoms. The smallest absolute Gasteiger partial charge is 0.263 e. The zero-order valence-electron chi connectivity index (χ0n) is 13.4. The molecule has 1 saturated carbocycles. The number of nitrogens with two attached hydrogens (primary N) is 1. The average molecular weight is 347 g/mol. The van der Waals surface area contributed by atoms with Crippen molar-refractivity contribution in [2.75, 3.05) is 0 Å². The van der Waals surface area contributed by atoms with Gasteiger partial charge in [0.25, 0.3) is 5.89 Å². The van der Waals surface area contributed by atoms with Gasteiger partial charge in [-0.2, -0.15) is 4.98 Å². The summed E-state index contributed by atoms with van der Waals surface area (Å²) in [6.45, 7) is 1.84. The highest BCUT2D eigenvalue weighted by Gasteiger charge is 2.36. The van der Waals surface area contributed by atoms with Crippen molar-refractivity contribution in [3.63, 3.8) is 0 Å². The lowest BCUT2D eigenvalue weighted by atomic mass is 9.98. The quantitative estimate of drug-likeness (QED) is 0.774. The van der Waals surface area contributed by atoms with E-state index < -0.39 is 5.54 Å². The van der Waals surface area contributed by atoms with E-state index >= 15 is 0 Å². The average Bonchev–Trinajstić information content (AvgIpc) is 3.28. The molecule has 2 N–H and O–H groups in total. The normalized spacial score (nSPS) is 16.1. The summed E-state index contributed by atoms with van der Waals surface area (Å²) in [6, 6.07) is 9.81. The van der Waals surface area contributed by atoms with Crippen molar-refractivity contribution in [1.29, 1.82) is 0 Å². The summed E-state index contributed by atoms with van der Waals surface area (Å²) in [5.74, 6) is 1.63. The largest absolute Gasteiger partial charge is 0.360 e. The second-order valence-electron chi connectivity index (χ2n) is 6.11. The molecule has 0 atom stereocenters. The molecule has 1 fully saturated rings. The van der Waals surface area contributed by atoms with Crippen molar-refractivity contribution >= 4 is 12.4 Å². The molecule has 6 nitrogen and oxygen atoms in total. The maximum Gasteiger partial charge on any atom is 0.263 e. The van der Waals surface area contributed by atoms with Gasteiger partial charge in [0.05, 0.1) is 5.54 Å². The summed E-state index contributed by atoms with van der Waals surface area (Å²) in [7, 11) is 0. The van der Waals surface area contributed by atoms with Gasteiger partial charge >= 0.3 is 0 Å². The highest BCUT2D eigenvalue weighted by molar-refractivity contribution is 5.85. The number of hydrogen-bond acceptors (Lipinski definition) is 6. The van der Waals surface area contributed by atoms with Gasteiger partial charge in [-0.15, -0.1) is 12.4 Å². The predicted molar refractivity (Wildman–Crippen MR) is 91.5 cm³/mol. The first-order valence-electron chi connectivity index (χ1n) is 7.82. The van der Waals surface area contributed by atoms with Crippen LogP contribution in [0.15, 0.2) is 39.4 Å². The van der Waals surface area contributed by atoms with Gasteiger partial charge in [0.1, 0.15) is 17.0 Å². The molecule has 0 bridgehead atoms. The third-order valence-electron chi connectivity index (χ3n) is 4.49. The van der Waals surface area contributed by atoms with Crippen LogP contribution in [0.25, 0.3) is 22.7 Å². The number of halogens is 1. The Morgan fingerprint density at radius 3 is 2.46 bits per heavy atom.